The van der Waals surface area contributed by atoms with E-state index in [1.165, 1.54) is 6.42 Å². The smallest absolute Gasteiger partial charge is 0.424 e. The number of fused-ring (bicyclic) bond motifs is 1. The molecule has 2 aromatic rings. The molecule has 0 spiro atoms. The molecular weight excluding hydrogens is 336 g/mol. The van der Waals surface area contributed by atoms with Gasteiger partial charge in [0, 0.05) is 6.54 Å². The minimum atomic E-state index is -0.613. The van der Waals surface area contributed by atoms with Gasteiger partial charge in [0.15, 0.2) is 5.60 Å². The van der Waals surface area contributed by atoms with E-state index in [0.29, 0.717) is 5.92 Å². The van der Waals surface area contributed by atoms with E-state index in [1.807, 2.05) is 48.5 Å². The summed E-state index contributed by atoms with van der Waals surface area (Å²) in [6.45, 7) is 7.68. The first-order chi connectivity index (χ1) is 13.1. The van der Waals surface area contributed by atoms with Crippen molar-refractivity contribution in [1.29, 1.82) is 0 Å². The summed E-state index contributed by atoms with van der Waals surface area (Å²) in [6, 6.07) is 19.7. The molecule has 0 unspecified atom stereocenters. The highest BCUT2D eigenvalue weighted by atomic mass is 16.6. The number of carbonyl (C=O) groups is 1. The molecule has 0 aliphatic carbocycles. The van der Waals surface area contributed by atoms with Crippen LogP contribution in [0, 0.1) is 5.92 Å². The molecule has 2 heterocycles. The van der Waals surface area contributed by atoms with E-state index >= 15 is 0 Å². The van der Waals surface area contributed by atoms with Gasteiger partial charge in [0.05, 0.1) is 11.6 Å². The topological polar surface area (TPSA) is 43.6 Å². The van der Waals surface area contributed by atoms with E-state index in [4.69, 9.17) is 4.74 Å². The van der Waals surface area contributed by atoms with Gasteiger partial charge < -0.3 is 4.74 Å². The van der Waals surface area contributed by atoms with Crippen molar-refractivity contribution >= 4 is 18.4 Å². The van der Waals surface area contributed by atoms with Gasteiger partial charge in [-0.2, -0.15) is 0 Å². The van der Waals surface area contributed by atoms with Crippen LogP contribution < -0.4 is 4.67 Å². The molecule has 2 aliphatic heterocycles. The zero-order valence-corrected chi connectivity index (χ0v) is 15.7. The average Bonchev–Trinajstić information content (AvgIpc) is 2.70. The summed E-state index contributed by atoms with van der Waals surface area (Å²) >= 11 is 0. The summed E-state index contributed by atoms with van der Waals surface area (Å²) < 4.78 is 10.2. The zero-order valence-electron chi connectivity index (χ0n) is 15.7. The first-order valence-electron chi connectivity index (χ1n) is 9.56. The van der Waals surface area contributed by atoms with Crippen molar-refractivity contribution in [2.45, 2.75) is 31.4 Å². The van der Waals surface area contributed by atoms with E-state index in [9.17, 15) is 4.79 Å². The van der Waals surface area contributed by atoms with Crippen molar-refractivity contribution in [3.63, 3.8) is 0 Å². The number of hydrogen-bond acceptors (Lipinski definition) is 3. The number of piperidine rings is 1. The molecule has 4 heteroatoms. The first-order valence-corrected chi connectivity index (χ1v) is 9.56. The Hall–Kier alpha value is -2.68. The van der Waals surface area contributed by atoms with Gasteiger partial charge in [-0.05, 0) is 43.0 Å². The standard InChI is InChI=1S/C23H25N2O2/c1-17-13-14-25-16-23(20(25)15-17,19-11-7-4-8-12-19)27-22(26)21(24-2)18-9-5-3-6-10-18/h3-12,17,20H,2,13-16H2,1H3/q+1/t17-,20+,23-/m0/s1. The predicted octanol–water partition coefficient (Wildman–Crippen LogP) is 2.80. The minimum Gasteiger partial charge on any atom is -0.442 e. The van der Waals surface area contributed by atoms with Gasteiger partial charge in [0.2, 0.25) is 0 Å². The zero-order chi connectivity index (χ0) is 18.9. The highest BCUT2D eigenvalue weighted by molar-refractivity contribution is 6.43. The maximum atomic E-state index is 13.1. The second-order valence-corrected chi connectivity index (χ2v) is 7.63. The van der Waals surface area contributed by atoms with Gasteiger partial charge in [-0.3, -0.25) is 4.90 Å². The van der Waals surface area contributed by atoms with Crippen molar-refractivity contribution in [1.82, 2.24) is 9.57 Å². The largest absolute Gasteiger partial charge is 0.442 e. The molecule has 138 valence electrons. The molecule has 4 rings (SSSR count). The minimum absolute atomic E-state index is 0.217. The van der Waals surface area contributed by atoms with E-state index in [1.54, 1.807) is 0 Å². The van der Waals surface area contributed by atoms with Crippen LogP contribution >= 0.6 is 0 Å². The molecule has 2 aromatic carbocycles. The molecular formula is C23H25N2O2+. The molecule has 0 saturated carbocycles. The number of rotatable bonds is 4. The molecule has 3 atom stereocenters. The van der Waals surface area contributed by atoms with E-state index in [0.717, 1.165) is 30.6 Å². The second kappa shape index (κ2) is 7.15. The summed E-state index contributed by atoms with van der Waals surface area (Å²) in [7, 11) is 0. The molecule has 0 N–H and O–H groups in total. The number of esters is 1. The Morgan fingerprint density at radius 2 is 1.81 bits per heavy atom. The number of hydrogen-bond donors (Lipinski definition) is 0. The number of nitrogens with zero attached hydrogens (tertiary/aromatic N) is 2. The summed E-state index contributed by atoms with van der Waals surface area (Å²) in [5.74, 6) is 0.223. The van der Waals surface area contributed by atoms with Gasteiger partial charge in [-0.1, -0.05) is 60.1 Å². The third kappa shape index (κ3) is 3.12. The van der Waals surface area contributed by atoms with Crippen LogP contribution in [0.2, 0.25) is 0 Å². The molecule has 0 aromatic heterocycles. The number of ether oxygens (including phenoxy) is 1. The fraction of sp³-hybridized carbons (Fsp3) is 0.348. The molecule has 27 heavy (non-hydrogen) atoms. The molecule has 2 saturated heterocycles. The Labute approximate surface area is 160 Å². The highest BCUT2D eigenvalue weighted by Gasteiger charge is 2.58. The Morgan fingerprint density at radius 3 is 2.48 bits per heavy atom. The van der Waals surface area contributed by atoms with Crippen molar-refractivity contribution in [2.75, 3.05) is 13.1 Å². The monoisotopic (exact) mass is 361 g/mol. The van der Waals surface area contributed by atoms with Crippen molar-refractivity contribution in [3.05, 3.63) is 71.8 Å². The molecule has 2 fully saturated rings. The summed E-state index contributed by atoms with van der Waals surface area (Å²) in [6.07, 6.45) is 2.23. The van der Waals surface area contributed by atoms with Crippen molar-refractivity contribution in [3.8, 4) is 0 Å². The van der Waals surface area contributed by atoms with Crippen LogP contribution in [0.5, 0.6) is 0 Å². The average molecular weight is 361 g/mol. The normalized spacial score (nSPS) is 27.0. The van der Waals surface area contributed by atoms with E-state index in [-0.39, 0.29) is 11.8 Å². The second-order valence-electron chi connectivity index (χ2n) is 7.63. The fourth-order valence-electron chi connectivity index (χ4n) is 4.41. The van der Waals surface area contributed by atoms with Gasteiger partial charge in [0.1, 0.15) is 0 Å². The Balaban J connectivity index is 1.67. The maximum Gasteiger partial charge on any atom is 0.424 e. The lowest BCUT2D eigenvalue weighted by Crippen LogP contribution is -2.71. The van der Waals surface area contributed by atoms with Crippen LogP contribution in [0.25, 0.3) is 0 Å². The van der Waals surface area contributed by atoms with Crippen molar-refractivity contribution in [2.24, 2.45) is 5.92 Å². The number of benzene rings is 2. The van der Waals surface area contributed by atoms with Crippen LogP contribution in [0.3, 0.4) is 0 Å². The molecule has 0 bridgehead atoms. The lowest BCUT2D eigenvalue weighted by Gasteiger charge is -2.59. The quantitative estimate of drug-likeness (QED) is 0.478. The van der Waals surface area contributed by atoms with Crippen LogP contribution in [0.4, 0.5) is 0 Å². The lowest BCUT2D eigenvalue weighted by molar-refractivity contribution is -0.208. The third-order valence-corrected chi connectivity index (χ3v) is 5.89. The van der Waals surface area contributed by atoms with Crippen LogP contribution in [-0.4, -0.2) is 42.4 Å². The van der Waals surface area contributed by atoms with Gasteiger partial charge in [0.25, 0.3) is 6.72 Å². The van der Waals surface area contributed by atoms with Gasteiger partial charge >= 0.3 is 11.7 Å². The Kier molecular flexibility index (Phi) is 4.69. The van der Waals surface area contributed by atoms with Gasteiger partial charge in [-0.15, -0.1) is 0 Å². The fourth-order valence-corrected chi connectivity index (χ4v) is 4.41. The highest BCUT2D eigenvalue weighted by Crippen LogP contribution is 2.47. The van der Waals surface area contributed by atoms with Crippen molar-refractivity contribution < 1.29 is 9.53 Å². The van der Waals surface area contributed by atoms with Gasteiger partial charge in [-0.25, -0.2) is 4.79 Å². The molecule has 2 aliphatic rings. The molecule has 0 radical (unpaired) electrons. The number of carbonyl (C=O) groups excluding carboxylic acids is 1. The summed E-state index contributed by atoms with van der Waals surface area (Å²) in [4.78, 5) is 15.5. The molecule has 4 nitrogen and oxygen atoms in total. The van der Waals surface area contributed by atoms with Crippen LogP contribution in [-0.2, 0) is 15.1 Å². The predicted molar refractivity (Wildman–Crippen MR) is 108 cm³/mol. The van der Waals surface area contributed by atoms with E-state index in [2.05, 4.69) is 35.3 Å². The summed E-state index contributed by atoms with van der Waals surface area (Å²) in [5, 5.41) is 0. The van der Waals surface area contributed by atoms with E-state index < -0.39 is 11.6 Å². The van der Waals surface area contributed by atoms with Crippen LogP contribution in [0.15, 0.2) is 60.7 Å². The maximum absolute atomic E-state index is 13.1. The third-order valence-electron chi connectivity index (χ3n) is 5.89. The Bertz CT molecular complexity index is 874. The first kappa shape index (κ1) is 17.7. The lowest BCUT2D eigenvalue weighted by atomic mass is 9.71. The molecule has 0 amide bonds. The Morgan fingerprint density at radius 1 is 1.15 bits per heavy atom. The summed E-state index contributed by atoms with van der Waals surface area (Å²) in [5.41, 5.74) is 1.45. The SMILES string of the molecule is C=[N+]=C(C(=O)O[C@]1(c2ccccc2)CN2CC[C@H](C)C[C@@H]21)c1ccccc1. The van der Waals surface area contributed by atoms with Crippen LogP contribution in [0.1, 0.15) is 30.9 Å².